The van der Waals surface area contributed by atoms with Crippen LogP contribution in [0.5, 0.6) is 0 Å². The molecule has 0 fully saturated rings. The maximum Gasteiger partial charge on any atom is 0.213 e. The first-order chi connectivity index (χ1) is 14.7. The second kappa shape index (κ2) is 8.30. The first-order valence-corrected chi connectivity index (χ1v) is 11.4. The summed E-state index contributed by atoms with van der Waals surface area (Å²) in [6.07, 6.45) is 1.10. The van der Waals surface area contributed by atoms with Gasteiger partial charge in [0.25, 0.3) is 0 Å². The molecule has 1 nitrogen and oxygen atoms in total. The van der Waals surface area contributed by atoms with Gasteiger partial charge in [0.15, 0.2) is 0 Å². The van der Waals surface area contributed by atoms with E-state index in [9.17, 15) is 0 Å². The number of hydrogen-bond donors (Lipinski definition) is 0. The number of benzene rings is 3. The quantitative estimate of drug-likeness (QED) is 0.309. The monoisotopic (exact) mass is 408 g/mol. The van der Waals surface area contributed by atoms with Crippen molar-refractivity contribution in [1.82, 2.24) is 0 Å². The standard InChI is InChI=1S/C30H34N/c1-19(2)14-24-10-13-29-28(17-24)27(25-11-8-20(3)9-12-25)18-30(31(29)7)26-16-21(4)15-22(5)23(26)6/h8-13,15-19H,14H2,1-7H3/q+1. The molecule has 0 saturated heterocycles. The van der Waals surface area contributed by atoms with Crippen molar-refractivity contribution in [2.24, 2.45) is 13.0 Å². The van der Waals surface area contributed by atoms with Gasteiger partial charge < -0.3 is 0 Å². The minimum Gasteiger partial charge on any atom is -0.194 e. The average molecular weight is 409 g/mol. The number of aryl methyl sites for hydroxylation is 4. The molecule has 0 aliphatic heterocycles. The van der Waals surface area contributed by atoms with Crippen molar-refractivity contribution >= 4 is 10.9 Å². The van der Waals surface area contributed by atoms with E-state index in [2.05, 4.69) is 114 Å². The Hall–Kier alpha value is -2.93. The van der Waals surface area contributed by atoms with E-state index >= 15 is 0 Å². The van der Waals surface area contributed by atoms with Crippen LogP contribution in [0, 0.1) is 33.6 Å². The Bertz CT molecular complexity index is 1260. The summed E-state index contributed by atoms with van der Waals surface area (Å²) >= 11 is 0. The largest absolute Gasteiger partial charge is 0.213 e. The molecule has 0 bridgehead atoms. The van der Waals surface area contributed by atoms with E-state index in [1.54, 1.807) is 0 Å². The highest BCUT2D eigenvalue weighted by atomic mass is 14.9. The highest BCUT2D eigenvalue weighted by Crippen LogP contribution is 2.34. The van der Waals surface area contributed by atoms with Gasteiger partial charge in [0.2, 0.25) is 11.2 Å². The van der Waals surface area contributed by atoms with Gasteiger partial charge in [0, 0.05) is 23.3 Å². The number of pyridine rings is 1. The summed E-state index contributed by atoms with van der Waals surface area (Å²) in [5, 5.41) is 1.33. The molecule has 0 saturated carbocycles. The van der Waals surface area contributed by atoms with Gasteiger partial charge in [0.1, 0.15) is 7.05 Å². The average Bonchev–Trinajstić information content (AvgIpc) is 2.71. The third-order valence-corrected chi connectivity index (χ3v) is 6.45. The van der Waals surface area contributed by atoms with E-state index in [0.717, 1.165) is 6.42 Å². The van der Waals surface area contributed by atoms with E-state index < -0.39 is 0 Å². The molecule has 4 rings (SSSR count). The molecule has 158 valence electrons. The fourth-order valence-corrected chi connectivity index (χ4v) is 4.67. The van der Waals surface area contributed by atoms with Crippen LogP contribution in [0.15, 0.2) is 60.7 Å². The number of fused-ring (bicyclic) bond motifs is 1. The summed E-state index contributed by atoms with van der Waals surface area (Å²) in [7, 11) is 2.20. The van der Waals surface area contributed by atoms with Crippen LogP contribution in [-0.2, 0) is 13.5 Å². The highest BCUT2D eigenvalue weighted by molar-refractivity contribution is 5.95. The van der Waals surface area contributed by atoms with Crippen LogP contribution in [0.25, 0.3) is 33.3 Å². The Morgan fingerprint density at radius 1 is 0.742 bits per heavy atom. The zero-order chi connectivity index (χ0) is 22.3. The Labute approximate surface area is 187 Å². The molecular formula is C30H34N+. The summed E-state index contributed by atoms with van der Waals surface area (Å²) in [5.74, 6) is 0.645. The maximum atomic E-state index is 2.41. The normalized spacial score (nSPS) is 11.5. The summed E-state index contributed by atoms with van der Waals surface area (Å²) in [4.78, 5) is 0. The third-order valence-electron chi connectivity index (χ3n) is 6.45. The smallest absolute Gasteiger partial charge is 0.194 e. The first kappa shape index (κ1) is 21.3. The molecule has 0 atom stereocenters. The van der Waals surface area contributed by atoms with Gasteiger partial charge in [0.05, 0.1) is 5.39 Å². The molecular weight excluding hydrogens is 374 g/mol. The van der Waals surface area contributed by atoms with Crippen molar-refractivity contribution in [3.63, 3.8) is 0 Å². The molecule has 0 unspecified atom stereocenters. The van der Waals surface area contributed by atoms with Crippen molar-refractivity contribution in [3.8, 4) is 22.4 Å². The Balaban J connectivity index is 2.06. The van der Waals surface area contributed by atoms with E-state index in [1.807, 2.05) is 0 Å². The van der Waals surface area contributed by atoms with Crippen molar-refractivity contribution < 1.29 is 4.57 Å². The number of rotatable bonds is 4. The van der Waals surface area contributed by atoms with E-state index in [4.69, 9.17) is 0 Å². The lowest BCUT2D eigenvalue weighted by atomic mass is 9.92. The second-order valence-electron chi connectivity index (χ2n) is 9.57. The maximum absolute atomic E-state index is 2.41. The molecule has 0 spiro atoms. The SMILES string of the molecule is Cc1ccc(-c2cc(-c3cc(C)cc(C)c3C)[n+](C)c3ccc(CC(C)C)cc23)cc1. The minimum atomic E-state index is 0.645. The molecule has 4 aromatic rings. The third kappa shape index (κ3) is 4.14. The van der Waals surface area contributed by atoms with E-state index in [1.165, 1.54) is 61.1 Å². The molecule has 0 N–H and O–H groups in total. The zero-order valence-electron chi connectivity index (χ0n) is 20.0. The fourth-order valence-electron chi connectivity index (χ4n) is 4.67. The van der Waals surface area contributed by atoms with Gasteiger partial charge in [-0.3, -0.25) is 0 Å². The van der Waals surface area contributed by atoms with E-state index in [0.29, 0.717) is 5.92 Å². The minimum absolute atomic E-state index is 0.645. The van der Waals surface area contributed by atoms with Gasteiger partial charge in [-0.2, -0.15) is 4.57 Å². The van der Waals surface area contributed by atoms with Crippen LogP contribution in [0.1, 0.15) is 41.7 Å². The Morgan fingerprint density at radius 2 is 1.45 bits per heavy atom. The molecule has 1 aromatic heterocycles. The highest BCUT2D eigenvalue weighted by Gasteiger charge is 2.21. The van der Waals surface area contributed by atoms with E-state index in [-0.39, 0.29) is 0 Å². The predicted octanol–water partition coefficient (Wildman–Crippen LogP) is 7.43. The van der Waals surface area contributed by atoms with Crippen LogP contribution in [0.3, 0.4) is 0 Å². The van der Waals surface area contributed by atoms with Crippen molar-refractivity contribution in [2.75, 3.05) is 0 Å². The molecule has 0 aliphatic carbocycles. The van der Waals surface area contributed by atoms with Crippen LogP contribution < -0.4 is 4.57 Å². The summed E-state index contributed by atoms with van der Waals surface area (Å²) in [5.41, 5.74) is 13.2. The van der Waals surface area contributed by atoms with Crippen molar-refractivity contribution in [3.05, 3.63) is 88.5 Å². The lowest BCUT2D eigenvalue weighted by Crippen LogP contribution is -2.32. The molecule has 0 amide bonds. The van der Waals surface area contributed by atoms with Gasteiger partial charge in [-0.25, -0.2) is 0 Å². The first-order valence-electron chi connectivity index (χ1n) is 11.4. The summed E-state index contributed by atoms with van der Waals surface area (Å²) in [6, 6.07) is 23.0. The van der Waals surface area contributed by atoms with Crippen LogP contribution in [0.2, 0.25) is 0 Å². The lowest BCUT2D eigenvalue weighted by Gasteiger charge is -2.14. The summed E-state index contributed by atoms with van der Waals surface area (Å²) < 4.78 is 2.37. The molecule has 31 heavy (non-hydrogen) atoms. The molecule has 0 aliphatic rings. The molecule has 1 heteroatoms. The van der Waals surface area contributed by atoms with Gasteiger partial charge in [-0.1, -0.05) is 61.4 Å². The predicted molar refractivity (Wildman–Crippen MR) is 133 cm³/mol. The Morgan fingerprint density at radius 3 is 2.13 bits per heavy atom. The fraction of sp³-hybridized carbons (Fsp3) is 0.300. The van der Waals surface area contributed by atoms with Crippen LogP contribution >= 0.6 is 0 Å². The molecule has 1 heterocycles. The molecule has 3 aromatic carbocycles. The van der Waals surface area contributed by atoms with Crippen molar-refractivity contribution in [2.45, 2.75) is 48.0 Å². The van der Waals surface area contributed by atoms with Crippen LogP contribution in [-0.4, -0.2) is 0 Å². The van der Waals surface area contributed by atoms with Gasteiger partial charge in [-0.05, 0) is 74.4 Å². The van der Waals surface area contributed by atoms with Gasteiger partial charge in [-0.15, -0.1) is 0 Å². The van der Waals surface area contributed by atoms with Crippen molar-refractivity contribution in [1.29, 1.82) is 0 Å². The Kier molecular flexibility index (Phi) is 5.71. The lowest BCUT2D eigenvalue weighted by molar-refractivity contribution is -0.633. The zero-order valence-corrected chi connectivity index (χ0v) is 20.0. The second-order valence-corrected chi connectivity index (χ2v) is 9.57. The number of nitrogens with zero attached hydrogens (tertiary/aromatic N) is 1. The summed E-state index contributed by atoms with van der Waals surface area (Å²) in [6.45, 7) is 13.4. The number of aromatic nitrogens is 1. The van der Waals surface area contributed by atoms with Gasteiger partial charge >= 0.3 is 0 Å². The number of hydrogen-bond acceptors (Lipinski definition) is 0. The van der Waals surface area contributed by atoms with Crippen LogP contribution in [0.4, 0.5) is 0 Å². The topological polar surface area (TPSA) is 3.88 Å². The molecule has 0 radical (unpaired) electrons.